The van der Waals surface area contributed by atoms with Crippen molar-refractivity contribution in [2.75, 3.05) is 0 Å². The van der Waals surface area contributed by atoms with Crippen LogP contribution in [0.3, 0.4) is 0 Å². The summed E-state index contributed by atoms with van der Waals surface area (Å²) in [6.45, 7) is 5.07. The Balaban J connectivity index is 2.64. The number of aromatic nitrogens is 1. The van der Waals surface area contributed by atoms with Crippen LogP contribution < -0.4 is 5.32 Å². The summed E-state index contributed by atoms with van der Waals surface area (Å²) in [4.78, 5) is 26.6. The van der Waals surface area contributed by atoms with Gasteiger partial charge in [-0.2, -0.15) is 0 Å². The Kier molecular flexibility index (Phi) is 3.60. The Morgan fingerprint density at radius 1 is 1.60 bits per heavy atom. The third-order valence-corrected chi connectivity index (χ3v) is 2.13. The SMILES string of the molecule is CCC(=O)C(C)NC(=O)c1ocnc1C. The van der Waals surface area contributed by atoms with Crippen LogP contribution in [0.1, 0.15) is 36.5 Å². The molecule has 1 aromatic rings. The first-order chi connectivity index (χ1) is 7.06. The molecule has 0 saturated carbocycles. The van der Waals surface area contributed by atoms with Gasteiger partial charge in [0.2, 0.25) is 5.76 Å². The summed E-state index contributed by atoms with van der Waals surface area (Å²) in [7, 11) is 0. The second-order valence-corrected chi connectivity index (χ2v) is 3.28. The summed E-state index contributed by atoms with van der Waals surface area (Å²) in [5.74, 6) is -0.259. The van der Waals surface area contributed by atoms with Gasteiger partial charge in [0, 0.05) is 6.42 Å². The minimum Gasteiger partial charge on any atom is -0.438 e. The highest BCUT2D eigenvalue weighted by Gasteiger charge is 2.18. The maximum absolute atomic E-state index is 11.6. The van der Waals surface area contributed by atoms with Crippen LogP contribution in [0.25, 0.3) is 0 Å². The van der Waals surface area contributed by atoms with Crippen molar-refractivity contribution in [2.45, 2.75) is 33.2 Å². The van der Waals surface area contributed by atoms with E-state index in [1.807, 2.05) is 0 Å². The molecule has 0 bridgehead atoms. The van der Waals surface area contributed by atoms with E-state index in [0.29, 0.717) is 12.1 Å². The molecule has 1 N–H and O–H groups in total. The fourth-order valence-corrected chi connectivity index (χ4v) is 1.17. The zero-order valence-corrected chi connectivity index (χ0v) is 9.03. The molecule has 1 aromatic heterocycles. The predicted molar refractivity (Wildman–Crippen MR) is 53.5 cm³/mol. The molecule has 5 nitrogen and oxygen atoms in total. The monoisotopic (exact) mass is 210 g/mol. The molecule has 82 valence electrons. The van der Waals surface area contributed by atoms with Crippen LogP contribution in [-0.4, -0.2) is 22.7 Å². The van der Waals surface area contributed by atoms with Gasteiger partial charge in [-0.25, -0.2) is 4.98 Å². The summed E-state index contributed by atoms with van der Waals surface area (Å²) in [5.41, 5.74) is 0.517. The largest absolute Gasteiger partial charge is 0.438 e. The van der Waals surface area contributed by atoms with Crippen molar-refractivity contribution < 1.29 is 14.0 Å². The van der Waals surface area contributed by atoms with Crippen LogP contribution in [0.15, 0.2) is 10.8 Å². The lowest BCUT2D eigenvalue weighted by molar-refractivity contribution is -0.120. The molecule has 0 spiro atoms. The molecule has 0 fully saturated rings. The van der Waals surface area contributed by atoms with E-state index < -0.39 is 11.9 Å². The van der Waals surface area contributed by atoms with Crippen molar-refractivity contribution in [2.24, 2.45) is 0 Å². The normalized spacial score (nSPS) is 12.2. The molecule has 0 aliphatic heterocycles. The average molecular weight is 210 g/mol. The second kappa shape index (κ2) is 4.72. The minimum atomic E-state index is -0.494. The zero-order chi connectivity index (χ0) is 11.4. The smallest absolute Gasteiger partial charge is 0.289 e. The van der Waals surface area contributed by atoms with Crippen molar-refractivity contribution >= 4 is 11.7 Å². The molecule has 0 saturated heterocycles. The molecule has 1 amide bonds. The van der Waals surface area contributed by atoms with Crippen LogP contribution in [0, 0.1) is 6.92 Å². The first-order valence-corrected chi connectivity index (χ1v) is 4.80. The van der Waals surface area contributed by atoms with Gasteiger partial charge in [-0.05, 0) is 13.8 Å². The molecule has 0 aromatic carbocycles. The van der Waals surface area contributed by atoms with Gasteiger partial charge in [0.15, 0.2) is 12.2 Å². The highest BCUT2D eigenvalue weighted by molar-refractivity contribution is 5.96. The standard InChI is InChI=1S/C10H14N2O3/c1-4-8(13)6(2)12-10(14)9-7(3)11-5-15-9/h5-6H,4H2,1-3H3,(H,12,14). The number of hydrogen-bond acceptors (Lipinski definition) is 4. The van der Waals surface area contributed by atoms with Crippen LogP contribution in [-0.2, 0) is 4.79 Å². The first kappa shape index (κ1) is 11.4. The van der Waals surface area contributed by atoms with Crippen LogP contribution in [0.2, 0.25) is 0 Å². The van der Waals surface area contributed by atoms with E-state index in [-0.39, 0.29) is 11.5 Å². The molecular formula is C10H14N2O3. The van der Waals surface area contributed by atoms with Crippen molar-refractivity contribution in [1.29, 1.82) is 0 Å². The number of amides is 1. The number of carbonyl (C=O) groups is 2. The van der Waals surface area contributed by atoms with Crippen LogP contribution in [0.5, 0.6) is 0 Å². The zero-order valence-electron chi connectivity index (χ0n) is 9.03. The van der Waals surface area contributed by atoms with Gasteiger partial charge in [0.25, 0.3) is 5.91 Å². The van der Waals surface area contributed by atoms with Crippen molar-refractivity contribution in [1.82, 2.24) is 10.3 Å². The summed E-state index contributed by atoms with van der Waals surface area (Å²) in [6.07, 6.45) is 1.60. The molecule has 15 heavy (non-hydrogen) atoms. The van der Waals surface area contributed by atoms with Gasteiger partial charge >= 0.3 is 0 Å². The Hall–Kier alpha value is -1.65. The number of rotatable bonds is 4. The number of nitrogens with one attached hydrogen (secondary N) is 1. The van der Waals surface area contributed by atoms with E-state index >= 15 is 0 Å². The molecule has 5 heteroatoms. The van der Waals surface area contributed by atoms with Gasteiger partial charge in [-0.15, -0.1) is 0 Å². The van der Waals surface area contributed by atoms with Crippen molar-refractivity contribution in [3.8, 4) is 0 Å². The molecular weight excluding hydrogens is 196 g/mol. The summed E-state index contributed by atoms with van der Waals surface area (Å²) >= 11 is 0. The molecule has 1 rings (SSSR count). The van der Waals surface area contributed by atoms with Gasteiger partial charge in [0.1, 0.15) is 0 Å². The first-order valence-electron chi connectivity index (χ1n) is 4.80. The number of aryl methyl sites for hydroxylation is 1. The predicted octanol–water partition coefficient (Wildman–Crippen LogP) is 1.08. The number of nitrogens with zero attached hydrogens (tertiary/aromatic N) is 1. The molecule has 0 radical (unpaired) electrons. The second-order valence-electron chi connectivity index (χ2n) is 3.28. The lowest BCUT2D eigenvalue weighted by Crippen LogP contribution is -2.38. The average Bonchev–Trinajstić information content (AvgIpc) is 2.63. The van der Waals surface area contributed by atoms with Crippen molar-refractivity contribution in [3.05, 3.63) is 17.8 Å². The number of oxazole rings is 1. The molecule has 0 aliphatic carbocycles. The maximum atomic E-state index is 11.6. The van der Waals surface area contributed by atoms with Gasteiger partial charge < -0.3 is 9.73 Å². The van der Waals surface area contributed by atoms with E-state index in [1.54, 1.807) is 20.8 Å². The fourth-order valence-electron chi connectivity index (χ4n) is 1.17. The number of carbonyl (C=O) groups excluding carboxylic acids is 2. The third-order valence-electron chi connectivity index (χ3n) is 2.13. The van der Waals surface area contributed by atoms with E-state index in [2.05, 4.69) is 10.3 Å². The Bertz CT molecular complexity index is 370. The number of hydrogen-bond donors (Lipinski definition) is 1. The van der Waals surface area contributed by atoms with Gasteiger partial charge in [0.05, 0.1) is 11.7 Å². The highest BCUT2D eigenvalue weighted by Crippen LogP contribution is 2.05. The van der Waals surface area contributed by atoms with E-state index in [4.69, 9.17) is 4.42 Å². The third kappa shape index (κ3) is 2.65. The maximum Gasteiger partial charge on any atom is 0.289 e. The summed E-state index contributed by atoms with van der Waals surface area (Å²) in [6, 6.07) is -0.494. The van der Waals surface area contributed by atoms with E-state index in [1.165, 1.54) is 6.39 Å². The topological polar surface area (TPSA) is 72.2 Å². The fraction of sp³-hybridized carbons (Fsp3) is 0.500. The lowest BCUT2D eigenvalue weighted by Gasteiger charge is -2.10. The molecule has 0 aliphatic rings. The summed E-state index contributed by atoms with van der Waals surface area (Å²) < 4.78 is 4.91. The molecule has 1 atom stereocenters. The van der Waals surface area contributed by atoms with E-state index in [0.717, 1.165) is 0 Å². The number of ketones is 1. The van der Waals surface area contributed by atoms with Crippen LogP contribution in [0.4, 0.5) is 0 Å². The Labute approximate surface area is 87.9 Å². The van der Waals surface area contributed by atoms with Crippen LogP contribution >= 0.6 is 0 Å². The van der Waals surface area contributed by atoms with Crippen molar-refractivity contribution in [3.63, 3.8) is 0 Å². The molecule has 1 unspecified atom stereocenters. The lowest BCUT2D eigenvalue weighted by atomic mass is 10.1. The summed E-state index contributed by atoms with van der Waals surface area (Å²) in [5, 5.41) is 2.55. The highest BCUT2D eigenvalue weighted by atomic mass is 16.3. The Morgan fingerprint density at radius 2 is 2.27 bits per heavy atom. The minimum absolute atomic E-state index is 0.0134. The van der Waals surface area contributed by atoms with Gasteiger partial charge in [-0.3, -0.25) is 9.59 Å². The quantitative estimate of drug-likeness (QED) is 0.807. The van der Waals surface area contributed by atoms with E-state index in [9.17, 15) is 9.59 Å². The Morgan fingerprint density at radius 3 is 2.73 bits per heavy atom. The molecule has 1 heterocycles. The van der Waals surface area contributed by atoms with Gasteiger partial charge in [-0.1, -0.05) is 6.92 Å². The number of Topliss-reactive ketones (excluding diaryl/α,β-unsaturated/α-hetero) is 1.